The van der Waals surface area contributed by atoms with Crippen molar-refractivity contribution in [2.75, 3.05) is 0 Å². The average Bonchev–Trinajstić information content (AvgIpc) is 2.59. The van der Waals surface area contributed by atoms with Crippen LogP contribution < -0.4 is 5.32 Å². The molecule has 1 heterocycles. The van der Waals surface area contributed by atoms with E-state index in [0.29, 0.717) is 17.1 Å². The number of fused-ring (bicyclic) bond motifs is 1. The Balaban J connectivity index is 1.66. The number of carbonyl (C=O) groups excluding carboxylic acids is 1. The van der Waals surface area contributed by atoms with Crippen LogP contribution in [0.2, 0.25) is 5.02 Å². The SMILES string of the molecule is O=C(NCc1cnc2ccccc2c1)C(O)c1ccc(Cl)cc1. The molecule has 1 aromatic heterocycles. The molecule has 2 N–H and O–H groups in total. The number of nitrogens with one attached hydrogen (secondary N) is 1. The summed E-state index contributed by atoms with van der Waals surface area (Å²) in [5.74, 6) is -0.458. The van der Waals surface area contributed by atoms with Crippen LogP contribution in [0.4, 0.5) is 0 Å². The lowest BCUT2D eigenvalue weighted by Crippen LogP contribution is -2.28. The van der Waals surface area contributed by atoms with E-state index in [2.05, 4.69) is 10.3 Å². The highest BCUT2D eigenvalue weighted by molar-refractivity contribution is 6.30. The van der Waals surface area contributed by atoms with Gasteiger partial charge in [0.2, 0.25) is 0 Å². The number of nitrogens with zero attached hydrogens (tertiary/aromatic N) is 1. The molecule has 5 heteroatoms. The lowest BCUT2D eigenvalue weighted by Gasteiger charge is -2.12. The fourth-order valence-corrected chi connectivity index (χ4v) is 2.42. The van der Waals surface area contributed by atoms with Crippen LogP contribution in [-0.2, 0) is 11.3 Å². The van der Waals surface area contributed by atoms with E-state index in [9.17, 15) is 9.90 Å². The van der Waals surface area contributed by atoms with Gasteiger partial charge < -0.3 is 10.4 Å². The van der Waals surface area contributed by atoms with Crippen LogP contribution in [0, 0.1) is 0 Å². The Morgan fingerprint density at radius 3 is 2.70 bits per heavy atom. The van der Waals surface area contributed by atoms with Gasteiger partial charge in [0.1, 0.15) is 0 Å². The Hall–Kier alpha value is -2.43. The minimum absolute atomic E-state index is 0.307. The van der Waals surface area contributed by atoms with Crippen molar-refractivity contribution in [3.8, 4) is 0 Å². The van der Waals surface area contributed by atoms with Gasteiger partial charge >= 0.3 is 0 Å². The van der Waals surface area contributed by atoms with Gasteiger partial charge in [-0.25, -0.2) is 0 Å². The van der Waals surface area contributed by atoms with Crippen LogP contribution in [0.15, 0.2) is 60.8 Å². The van der Waals surface area contributed by atoms with E-state index in [-0.39, 0.29) is 0 Å². The van der Waals surface area contributed by atoms with Crippen molar-refractivity contribution < 1.29 is 9.90 Å². The quantitative estimate of drug-likeness (QED) is 0.773. The third kappa shape index (κ3) is 3.67. The number of rotatable bonds is 4. The van der Waals surface area contributed by atoms with Gasteiger partial charge in [-0.15, -0.1) is 0 Å². The molecule has 0 aliphatic heterocycles. The van der Waals surface area contributed by atoms with E-state index in [0.717, 1.165) is 16.5 Å². The molecule has 0 spiro atoms. The van der Waals surface area contributed by atoms with E-state index in [1.165, 1.54) is 0 Å². The zero-order valence-corrected chi connectivity index (χ0v) is 13.0. The molecular formula is C18H15ClN2O2. The Kier molecular flexibility index (Phi) is 4.55. The minimum atomic E-state index is -1.22. The fraction of sp³-hybridized carbons (Fsp3) is 0.111. The first-order valence-electron chi connectivity index (χ1n) is 7.18. The maximum Gasteiger partial charge on any atom is 0.253 e. The zero-order chi connectivity index (χ0) is 16.2. The maximum absolute atomic E-state index is 12.1. The number of pyridine rings is 1. The predicted molar refractivity (Wildman–Crippen MR) is 90.0 cm³/mol. The van der Waals surface area contributed by atoms with Crippen molar-refractivity contribution in [1.29, 1.82) is 0 Å². The number of aromatic nitrogens is 1. The molecule has 4 nitrogen and oxygen atoms in total. The van der Waals surface area contributed by atoms with Crippen molar-refractivity contribution in [3.63, 3.8) is 0 Å². The Labute approximate surface area is 138 Å². The van der Waals surface area contributed by atoms with Crippen LogP contribution in [0.1, 0.15) is 17.2 Å². The summed E-state index contributed by atoms with van der Waals surface area (Å²) >= 11 is 5.80. The highest BCUT2D eigenvalue weighted by Crippen LogP contribution is 2.17. The van der Waals surface area contributed by atoms with E-state index < -0.39 is 12.0 Å². The molecule has 23 heavy (non-hydrogen) atoms. The highest BCUT2D eigenvalue weighted by atomic mass is 35.5. The first kappa shape index (κ1) is 15.5. The van der Waals surface area contributed by atoms with Crippen LogP contribution in [-0.4, -0.2) is 16.0 Å². The summed E-state index contributed by atoms with van der Waals surface area (Å²) in [5.41, 5.74) is 2.28. The molecule has 0 saturated heterocycles. The first-order chi connectivity index (χ1) is 11.1. The topological polar surface area (TPSA) is 62.2 Å². The van der Waals surface area contributed by atoms with Gasteiger partial charge in [0.25, 0.3) is 5.91 Å². The Bertz CT molecular complexity index is 834. The summed E-state index contributed by atoms with van der Waals surface area (Å²) in [5, 5.41) is 14.3. The Morgan fingerprint density at radius 2 is 1.91 bits per heavy atom. The monoisotopic (exact) mass is 326 g/mol. The number of hydrogen-bond donors (Lipinski definition) is 2. The molecule has 3 rings (SSSR count). The van der Waals surface area contributed by atoms with Gasteiger partial charge in [0.15, 0.2) is 6.10 Å². The number of halogens is 1. The predicted octanol–water partition coefficient (Wildman–Crippen LogP) is 3.24. The van der Waals surface area contributed by atoms with Crippen LogP contribution in [0.25, 0.3) is 10.9 Å². The number of carbonyl (C=O) groups is 1. The van der Waals surface area contributed by atoms with Gasteiger partial charge in [-0.1, -0.05) is 41.9 Å². The third-order valence-corrected chi connectivity index (χ3v) is 3.80. The smallest absolute Gasteiger partial charge is 0.253 e. The van der Waals surface area contributed by atoms with Crippen LogP contribution >= 0.6 is 11.6 Å². The molecule has 1 atom stereocenters. The van der Waals surface area contributed by atoms with Crippen molar-refractivity contribution in [3.05, 3.63) is 76.9 Å². The average molecular weight is 327 g/mol. The number of amides is 1. The van der Waals surface area contributed by atoms with Crippen molar-refractivity contribution in [1.82, 2.24) is 10.3 Å². The molecule has 3 aromatic rings. The van der Waals surface area contributed by atoms with Crippen molar-refractivity contribution in [2.24, 2.45) is 0 Å². The molecule has 1 unspecified atom stereocenters. The number of benzene rings is 2. The standard InChI is InChI=1S/C18H15ClN2O2/c19-15-7-5-13(6-8-15)17(22)18(23)21-11-12-9-14-3-1-2-4-16(14)20-10-12/h1-10,17,22H,11H2,(H,21,23). The molecular weight excluding hydrogens is 312 g/mol. The number of aliphatic hydroxyl groups is 1. The third-order valence-electron chi connectivity index (χ3n) is 3.55. The van der Waals surface area contributed by atoms with Gasteiger partial charge in [0.05, 0.1) is 5.52 Å². The first-order valence-corrected chi connectivity index (χ1v) is 7.56. The van der Waals surface area contributed by atoms with Gasteiger partial charge in [0, 0.05) is 23.2 Å². The van der Waals surface area contributed by atoms with Crippen LogP contribution in [0.3, 0.4) is 0 Å². The summed E-state index contributed by atoms with van der Waals surface area (Å²) in [6.07, 6.45) is 0.498. The van der Waals surface area contributed by atoms with E-state index in [1.807, 2.05) is 30.3 Å². The lowest BCUT2D eigenvalue weighted by molar-refractivity contribution is -0.129. The second-order valence-corrected chi connectivity index (χ2v) is 5.64. The van der Waals surface area contributed by atoms with Gasteiger partial charge in [-0.2, -0.15) is 0 Å². The molecule has 0 bridgehead atoms. The fourth-order valence-electron chi connectivity index (χ4n) is 2.30. The summed E-state index contributed by atoms with van der Waals surface area (Å²) in [6.45, 7) is 0.307. The largest absolute Gasteiger partial charge is 0.378 e. The molecule has 0 fully saturated rings. The molecule has 1 amide bonds. The van der Waals surface area contributed by atoms with Crippen molar-refractivity contribution in [2.45, 2.75) is 12.6 Å². The molecule has 2 aromatic carbocycles. The summed E-state index contributed by atoms with van der Waals surface area (Å²) in [7, 11) is 0. The second-order valence-electron chi connectivity index (χ2n) is 5.21. The zero-order valence-electron chi connectivity index (χ0n) is 12.2. The van der Waals surface area contributed by atoms with Crippen LogP contribution in [0.5, 0.6) is 0 Å². The molecule has 0 radical (unpaired) electrons. The van der Waals surface area contributed by atoms with Crippen molar-refractivity contribution >= 4 is 28.4 Å². The Morgan fingerprint density at radius 1 is 1.17 bits per heavy atom. The maximum atomic E-state index is 12.1. The molecule has 0 aliphatic rings. The molecule has 0 saturated carbocycles. The minimum Gasteiger partial charge on any atom is -0.378 e. The number of aliphatic hydroxyl groups excluding tert-OH is 1. The number of para-hydroxylation sites is 1. The van der Waals surface area contributed by atoms with E-state index >= 15 is 0 Å². The number of hydrogen-bond acceptors (Lipinski definition) is 3. The van der Waals surface area contributed by atoms with E-state index in [4.69, 9.17) is 11.6 Å². The highest BCUT2D eigenvalue weighted by Gasteiger charge is 2.16. The normalized spacial score (nSPS) is 12.1. The summed E-state index contributed by atoms with van der Waals surface area (Å²) < 4.78 is 0. The second kappa shape index (κ2) is 6.77. The van der Waals surface area contributed by atoms with Gasteiger partial charge in [-0.05, 0) is 35.4 Å². The summed E-state index contributed by atoms with van der Waals surface area (Å²) in [4.78, 5) is 16.4. The molecule has 116 valence electrons. The summed E-state index contributed by atoms with van der Waals surface area (Å²) in [6, 6.07) is 16.3. The lowest BCUT2D eigenvalue weighted by atomic mass is 10.1. The van der Waals surface area contributed by atoms with Gasteiger partial charge in [-0.3, -0.25) is 9.78 Å². The molecule has 0 aliphatic carbocycles. The van der Waals surface area contributed by atoms with E-state index in [1.54, 1.807) is 30.5 Å².